The molecule has 0 amide bonds. The third kappa shape index (κ3) is 3.29. The summed E-state index contributed by atoms with van der Waals surface area (Å²) in [6.45, 7) is 0.779. The van der Waals surface area contributed by atoms with E-state index in [9.17, 15) is 13.6 Å². The quantitative estimate of drug-likeness (QED) is 0.800. The van der Waals surface area contributed by atoms with Gasteiger partial charge < -0.3 is 9.80 Å². The molecule has 3 nitrogen and oxygen atoms in total. The predicted molar refractivity (Wildman–Crippen MR) is 69.5 cm³/mol. The van der Waals surface area contributed by atoms with E-state index in [2.05, 4.69) is 0 Å². The SMILES string of the molecule is Br.CN1C=CN(CC(=O)c2ccc(F)c(F)c2)C1. The van der Waals surface area contributed by atoms with Crippen LogP contribution in [0, 0.1) is 11.6 Å². The van der Waals surface area contributed by atoms with Gasteiger partial charge in [0.1, 0.15) is 0 Å². The molecule has 0 saturated heterocycles. The van der Waals surface area contributed by atoms with Crippen LogP contribution in [0.4, 0.5) is 8.78 Å². The van der Waals surface area contributed by atoms with Gasteiger partial charge in [-0.1, -0.05) is 0 Å². The first kappa shape index (κ1) is 14.6. The van der Waals surface area contributed by atoms with Crippen molar-refractivity contribution in [3.8, 4) is 0 Å². The molecule has 0 fully saturated rings. The Hall–Kier alpha value is -1.43. The number of hydrogen-bond donors (Lipinski definition) is 0. The molecule has 1 aliphatic heterocycles. The van der Waals surface area contributed by atoms with Gasteiger partial charge in [-0.15, -0.1) is 17.0 Å². The fraction of sp³-hybridized carbons (Fsp3) is 0.250. The summed E-state index contributed by atoms with van der Waals surface area (Å²) in [6, 6.07) is 3.19. The van der Waals surface area contributed by atoms with Gasteiger partial charge in [0.15, 0.2) is 17.4 Å². The van der Waals surface area contributed by atoms with E-state index in [1.54, 1.807) is 11.1 Å². The second-order valence-corrected chi connectivity index (χ2v) is 4.00. The second-order valence-electron chi connectivity index (χ2n) is 4.00. The first-order chi connectivity index (χ1) is 8.06. The summed E-state index contributed by atoms with van der Waals surface area (Å²) < 4.78 is 25.7. The average Bonchev–Trinajstić information content (AvgIpc) is 2.68. The van der Waals surface area contributed by atoms with Crippen LogP contribution in [0.3, 0.4) is 0 Å². The molecular formula is C12H13BrF2N2O. The summed E-state index contributed by atoms with van der Waals surface area (Å²) >= 11 is 0. The van der Waals surface area contributed by atoms with Crippen LogP contribution in [0.2, 0.25) is 0 Å². The fourth-order valence-electron chi connectivity index (χ4n) is 1.64. The number of carbonyl (C=O) groups is 1. The molecule has 0 aromatic heterocycles. The molecule has 1 aromatic carbocycles. The van der Waals surface area contributed by atoms with E-state index in [4.69, 9.17) is 0 Å². The van der Waals surface area contributed by atoms with Gasteiger partial charge in [-0.2, -0.15) is 0 Å². The lowest BCUT2D eigenvalue weighted by Crippen LogP contribution is -2.28. The van der Waals surface area contributed by atoms with Gasteiger partial charge in [0.2, 0.25) is 0 Å². The molecule has 1 aliphatic rings. The van der Waals surface area contributed by atoms with E-state index < -0.39 is 11.6 Å². The lowest BCUT2D eigenvalue weighted by molar-refractivity contribution is 0.0948. The molecule has 0 radical (unpaired) electrons. The number of nitrogens with zero attached hydrogens (tertiary/aromatic N) is 2. The zero-order valence-electron chi connectivity index (χ0n) is 9.77. The average molecular weight is 319 g/mol. The number of Topliss-reactive ketones (excluding diaryl/α,β-unsaturated/α-hetero) is 1. The Kier molecular flexibility index (Phi) is 4.84. The smallest absolute Gasteiger partial charge is 0.182 e. The first-order valence-electron chi connectivity index (χ1n) is 5.17. The Morgan fingerprint density at radius 3 is 2.56 bits per heavy atom. The normalized spacial score (nSPS) is 13.7. The van der Waals surface area contributed by atoms with Crippen molar-refractivity contribution in [2.24, 2.45) is 0 Å². The van der Waals surface area contributed by atoms with Gasteiger partial charge >= 0.3 is 0 Å². The van der Waals surface area contributed by atoms with Crippen molar-refractivity contribution in [2.45, 2.75) is 0 Å². The van der Waals surface area contributed by atoms with Gasteiger partial charge in [-0.3, -0.25) is 4.79 Å². The Labute approximate surface area is 114 Å². The molecule has 0 spiro atoms. The molecule has 6 heteroatoms. The van der Waals surface area contributed by atoms with Gasteiger partial charge in [-0.05, 0) is 18.2 Å². The van der Waals surface area contributed by atoms with Crippen molar-refractivity contribution >= 4 is 22.8 Å². The van der Waals surface area contributed by atoms with Gasteiger partial charge in [-0.25, -0.2) is 8.78 Å². The van der Waals surface area contributed by atoms with E-state index in [-0.39, 0.29) is 34.9 Å². The van der Waals surface area contributed by atoms with Crippen molar-refractivity contribution < 1.29 is 13.6 Å². The molecule has 2 rings (SSSR count). The minimum Gasteiger partial charge on any atom is -0.362 e. The van der Waals surface area contributed by atoms with Crippen molar-refractivity contribution in [3.05, 3.63) is 47.8 Å². The molecule has 1 heterocycles. The lowest BCUT2D eigenvalue weighted by Gasteiger charge is -2.17. The van der Waals surface area contributed by atoms with E-state index in [1.807, 2.05) is 18.1 Å². The van der Waals surface area contributed by atoms with Crippen molar-refractivity contribution in [1.82, 2.24) is 9.80 Å². The van der Waals surface area contributed by atoms with Crippen LogP contribution in [-0.4, -0.2) is 35.8 Å². The summed E-state index contributed by atoms with van der Waals surface area (Å²) in [5.74, 6) is -2.17. The van der Waals surface area contributed by atoms with Crippen LogP contribution in [0.1, 0.15) is 10.4 Å². The maximum Gasteiger partial charge on any atom is 0.182 e. The highest BCUT2D eigenvalue weighted by atomic mass is 79.9. The monoisotopic (exact) mass is 318 g/mol. The zero-order valence-corrected chi connectivity index (χ0v) is 11.5. The lowest BCUT2D eigenvalue weighted by atomic mass is 10.1. The van der Waals surface area contributed by atoms with E-state index in [1.165, 1.54) is 6.07 Å². The third-order valence-electron chi connectivity index (χ3n) is 2.52. The highest BCUT2D eigenvalue weighted by Gasteiger charge is 2.15. The summed E-state index contributed by atoms with van der Waals surface area (Å²) in [5, 5.41) is 0. The first-order valence-corrected chi connectivity index (χ1v) is 5.17. The molecule has 0 N–H and O–H groups in total. The Bertz CT molecular complexity index is 479. The highest BCUT2D eigenvalue weighted by molar-refractivity contribution is 8.93. The van der Waals surface area contributed by atoms with Crippen molar-refractivity contribution in [3.63, 3.8) is 0 Å². The molecule has 1 aromatic rings. The van der Waals surface area contributed by atoms with Gasteiger partial charge in [0, 0.05) is 25.0 Å². The van der Waals surface area contributed by atoms with Crippen molar-refractivity contribution in [2.75, 3.05) is 20.3 Å². The molecule has 0 unspecified atom stereocenters. The second kappa shape index (κ2) is 5.95. The van der Waals surface area contributed by atoms with Crippen LogP contribution in [0.15, 0.2) is 30.6 Å². The minimum atomic E-state index is -0.995. The number of rotatable bonds is 3. The maximum absolute atomic E-state index is 13.0. The van der Waals surface area contributed by atoms with Crippen LogP contribution < -0.4 is 0 Å². The largest absolute Gasteiger partial charge is 0.362 e. The topological polar surface area (TPSA) is 23.6 Å². The Morgan fingerprint density at radius 1 is 1.28 bits per heavy atom. The number of hydrogen-bond acceptors (Lipinski definition) is 3. The van der Waals surface area contributed by atoms with Crippen LogP contribution in [0.25, 0.3) is 0 Å². The van der Waals surface area contributed by atoms with E-state index in [0.29, 0.717) is 6.67 Å². The molecule has 0 aliphatic carbocycles. The summed E-state index contributed by atoms with van der Waals surface area (Å²) in [5.41, 5.74) is 0.187. The highest BCUT2D eigenvalue weighted by Crippen LogP contribution is 2.11. The minimum absolute atomic E-state index is 0. The summed E-state index contributed by atoms with van der Waals surface area (Å²) in [6.07, 6.45) is 3.64. The van der Waals surface area contributed by atoms with Gasteiger partial charge in [0.05, 0.1) is 13.2 Å². The molecule has 0 saturated carbocycles. The van der Waals surface area contributed by atoms with Crippen LogP contribution in [0.5, 0.6) is 0 Å². The summed E-state index contributed by atoms with van der Waals surface area (Å²) in [4.78, 5) is 15.5. The Balaban J connectivity index is 0.00000162. The molecule has 18 heavy (non-hydrogen) atoms. The van der Waals surface area contributed by atoms with Gasteiger partial charge in [0.25, 0.3) is 0 Å². The van der Waals surface area contributed by atoms with E-state index in [0.717, 1.165) is 12.1 Å². The maximum atomic E-state index is 13.0. The number of benzene rings is 1. The third-order valence-corrected chi connectivity index (χ3v) is 2.52. The summed E-state index contributed by atoms with van der Waals surface area (Å²) in [7, 11) is 1.89. The number of carbonyl (C=O) groups excluding carboxylic acids is 1. The molecular weight excluding hydrogens is 306 g/mol. The zero-order chi connectivity index (χ0) is 12.4. The molecule has 98 valence electrons. The van der Waals surface area contributed by atoms with E-state index >= 15 is 0 Å². The van der Waals surface area contributed by atoms with Crippen LogP contribution >= 0.6 is 17.0 Å². The fourth-order valence-corrected chi connectivity index (χ4v) is 1.64. The number of ketones is 1. The molecule has 0 atom stereocenters. The van der Waals surface area contributed by atoms with Crippen LogP contribution in [-0.2, 0) is 0 Å². The number of halogens is 3. The van der Waals surface area contributed by atoms with Crippen molar-refractivity contribution in [1.29, 1.82) is 0 Å². The standard InChI is InChI=1S/C12H12F2N2O.BrH/c1-15-4-5-16(8-15)7-12(17)9-2-3-10(13)11(14)6-9;/h2-6H,7-8H2,1H3;1H. The Morgan fingerprint density at radius 2 is 2.00 bits per heavy atom. The predicted octanol–water partition coefficient (Wildman–Crippen LogP) is 2.40. The molecule has 0 bridgehead atoms.